The summed E-state index contributed by atoms with van der Waals surface area (Å²) in [5, 5.41) is 0. The highest BCUT2D eigenvalue weighted by molar-refractivity contribution is 4.07. The zero-order valence-corrected chi connectivity index (χ0v) is 2.99. The molecule has 0 aliphatic carbocycles. The first-order valence-electron chi connectivity index (χ1n) is 2.19. The van der Waals surface area contributed by atoms with Gasteiger partial charge in [0.1, 0.15) is 0 Å². The van der Waals surface area contributed by atoms with Gasteiger partial charge in [-0.2, -0.15) is 0 Å². The van der Waals surface area contributed by atoms with E-state index in [9.17, 15) is 0 Å². The van der Waals surface area contributed by atoms with Gasteiger partial charge in [0.05, 0.1) is 6.54 Å². The van der Waals surface area contributed by atoms with Gasteiger partial charge in [0.2, 0.25) is 0 Å². The van der Waals surface area contributed by atoms with Gasteiger partial charge in [-0.15, -0.1) is 0 Å². The van der Waals surface area contributed by atoms with Crippen LogP contribution in [0.25, 0.3) is 0 Å². The minimum Gasteiger partial charge on any atom is -0.358 e. The van der Waals surface area contributed by atoms with Crippen molar-refractivity contribution in [1.82, 2.24) is 0 Å². The van der Waals surface area contributed by atoms with Gasteiger partial charge in [-0.1, -0.05) is 6.92 Å². The van der Waals surface area contributed by atoms with Crippen LogP contribution in [-0.2, 0) is 0 Å². The first-order chi connectivity index (χ1) is 2.41. The van der Waals surface area contributed by atoms with Gasteiger partial charge >= 0.3 is 1.41 Å². The van der Waals surface area contributed by atoms with E-state index in [0.29, 0.717) is 0 Å². The predicted octanol–water partition coefficient (Wildman–Crippen LogP) is -0.362. The lowest BCUT2D eigenvalue weighted by molar-refractivity contribution is -0.367. The van der Waals surface area contributed by atoms with Crippen molar-refractivity contribution in [2.24, 2.45) is 0 Å². The molecule has 0 heterocycles. The molecule has 0 aliphatic heterocycles. The van der Waals surface area contributed by atoms with Crippen LogP contribution in [0.5, 0.6) is 0 Å². The van der Waals surface area contributed by atoms with Crippen molar-refractivity contribution in [1.29, 1.82) is 0 Å². The summed E-state index contributed by atoms with van der Waals surface area (Å²) in [6, 6.07) is 0. The van der Waals surface area contributed by atoms with Gasteiger partial charge in [0.25, 0.3) is 0 Å². The predicted molar refractivity (Wildman–Crippen MR) is 18.0 cm³/mol. The normalized spacial score (nSPS) is 10.8. The molecular weight excluding hydrogens is 50.0 g/mol. The second kappa shape index (κ2) is 2.96. The van der Waals surface area contributed by atoms with Crippen molar-refractivity contribution in [3.63, 3.8) is 0 Å². The summed E-state index contributed by atoms with van der Waals surface area (Å²) >= 11 is 0. The monoisotopic (exact) mass is 62.1 g/mol. The number of quaternary nitrogens is 1. The summed E-state index contributed by atoms with van der Waals surface area (Å²) in [7, 11) is 0. The number of hydrogen-bond donors (Lipinski definition) is 1. The number of hydrogen-bond acceptors (Lipinski definition) is 0. The summed E-state index contributed by atoms with van der Waals surface area (Å²) < 4.78 is 6.48. The Labute approximate surface area is 28.3 Å². The third-order valence-electron chi connectivity index (χ3n) is 0.289. The van der Waals surface area contributed by atoms with Crippen LogP contribution in [0.15, 0.2) is 0 Å². The van der Waals surface area contributed by atoms with Crippen LogP contribution < -0.4 is 5.73 Å². The molecule has 0 rings (SSSR count). The van der Waals surface area contributed by atoms with E-state index in [0.717, 1.165) is 13.0 Å². The van der Waals surface area contributed by atoms with E-state index in [1.165, 1.54) is 5.73 Å². The summed E-state index contributed by atoms with van der Waals surface area (Å²) in [6.45, 7) is 2.99. The maximum atomic E-state index is 6.48. The average Bonchev–Trinajstić information content (AvgIpc) is 1.41. The van der Waals surface area contributed by atoms with Gasteiger partial charge in [0, 0.05) is 0 Å². The molecule has 0 radical (unpaired) electrons. The maximum absolute atomic E-state index is 6.48. The molecule has 0 spiro atoms. The minimum absolute atomic E-state index is 0.931. The van der Waals surface area contributed by atoms with Crippen LogP contribution in [0.3, 0.4) is 0 Å². The summed E-state index contributed by atoms with van der Waals surface area (Å²) in [5.41, 5.74) is 1.43. The summed E-state index contributed by atoms with van der Waals surface area (Å²) in [6.07, 6.45) is 1.10. The third kappa shape index (κ3) is 1.96. The second-order valence-corrected chi connectivity index (χ2v) is 0.789. The lowest BCUT2D eigenvalue weighted by Crippen LogP contribution is -2.49. The Bertz CT molecular complexity index is 14.4. The highest BCUT2D eigenvalue weighted by Gasteiger charge is 1.59. The van der Waals surface area contributed by atoms with Gasteiger partial charge < -0.3 is 5.73 Å². The van der Waals surface area contributed by atoms with Crippen molar-refractivity contribution in [2.75, 3.05) is 6.54 Å². The summed E-state index contributed by atoms with van der Waals surface area (Å²) in [4.78, 5) is 0. The Morgan fingerprint density at radius 1 is 2.25 bits per heavy atom. The van der Waals surface area contributed by atoms with Crippen LogP contribution in [0.2, 0.25) is 1.41 Å². The van der Waals surface area contributed by atoms with E-state index in [2.05, 4.69) is 6.92 Å². The highest BCUT2D eigenvalue weighted by atomic mass is 14.5. The first kappa shape index (κ1) is 2.21. The largest absolute Gasteiger partial charge is 0.358 e. The Morgan fingerprint density at radius 2 is 3.00 bits per heavy atom. The van der Waals surface area contributed by atoms with Crippen molar-refractivity contribution in [3.05, 3.63) is 0 Å². The molecule has 0 aromatic rings. The SMILES string of the molecule is [3H][NH2+]CCC. The highest BCUT2D eigenvalue weighted by Crippen LogP contribution is 1.54. The standard InChI is InChI=1S/C3H9N/c1-2-3-4/h2-4H2,1H3/p+1/i/hT. The number of rotatable bonds is 2. The molecule has 0 aliphatic rings. The molecule has 0 bridgehead atoms. The summed E-state index contributed by atoms with van der Waals surface area (Å²) in [5.74, 6) is 0. The molecule has 4 heavy (non-hydrogen) atoms. The van der Waals surface area contributed by atoms with E-state index >= 15 is 0 Å². The smallest absolute Gasteiger partial charge is 0.344 e. The molecule has 0 aromatic heterocycles. The van der Waals surface area contributed by atoms with Gasteiger partial charge in [-0.3, -0.25) is 0 Å². The average molecular weight is 62.1 g/mol. The molecule has 0 saturated carbocycles. The quantitative estimate of drug-likeness (QED) is 0.452. The van der Waals surface area contributed by atoms with Crippen molar-refractivity contribution in [3.8, 4) is 0 Å². The topological polar surface area (TPSA) is 27.6 Å². The third-order valence-corrected chi connectivity index (χ3v) is 0.289. The van der Waals surface area contributed by atoms with Crippen molar-refractivity contribution >= 4 is 0 Å². The lowest BCUT2D eigenvalue weighted by Gasteiger charge is -1.66. The zero-order valence-electron chi connectivity index (χ0n) is 3.99. The fourth-order valence-corrected chi connectivity index (χ4v) is 0. The van der Waals surface area contributed by atoms with E-state index in [1.807, 2.05) is 0 Å². The molecule has 0 amide bonds. The molecule has 0 aromatic carbocycles. The van der Waals surface area contributed by atoms with Crippen LogP contribution in [0.1, 0.15) is 13.3 Å². The fourth-order valence-electron chi connectivity index (χ4n) is 0. The van der Waals surface area contributed by atoms with Crippen LogP contribution in [-0.4, -0.2) is 6.54 Å². The Balaban J connectivity index is 2.19. The maximum Gasteiger partial charge on any atom is 0.344 e. The molecule has 26 valence electrons. The van der Waals surface area contributed by atoms with Crippen LogP contribution in [0, 0.1) is 0 Å². The molecule has 1 nitrogen and oxygen atoms in total. The van der Waals surface area contributed by atoms with Gasteiger partial charge in [-0.25, -0.2) is 0 Å². The second-order valence-electron chi connectivity index (χ2n) is 0.789. The van der Waals surface area contributed by atoms with E-state index in [1.54, 1.807) is 0 Å². The van der Waals surface area contributed by atoms with Gasteiger partial charge in [0.15, 0.2) is 0 Å². The van der Waals surface area contributed by atoms with Crippen LogP contribution >= 0.6 is 0 Å². The fraction of sp³-hybridized carbons (Fsp3) is 1.00. The van der Waals surface area contributed by atoms with Gasteiger partial charge in [-0.05, 0) is 6.42 Å². The van der Waals surface area contributed by atoms with Crippen molar-refractivity contribution in [2.45, 2.75) is 13.3 Å². The van der Waals surface area contributed by atoms with Crippen molar-refractivity contribution < 1.29 is 7.14 Å². The van der Waals surface area contributed by atoms with E-state index in [-0.39, 0.29) is 0 Å². The molecule has 0 fully saturated rings. The first-order valence-corrected chi connectivity index (χ1v) is 1.62. The Morgan fingerprint density at radius 3 is 3.00 bits per heavy atom. The molecule has 3 N–H and O–H groups in total. The molecule has 1 heteroatoms. The molecule has 0 saturated heterocycles. The lowest BCUT2D eigenvalue weighted by atomic mass is 10.5. The molecular formula is C3H10N+. The molecule has 0 unspecified atom stereocenters. The Kier molecular flexibility index (Phi) is 1.64. The zero-order chi connectivity index (χ0) is 4.12. The van der Waals surface area contributed by atoms with Crippen LogP contribution in [0.4, 0.5) is 0 Å². The Hall–Kier alpha value is -0.0400. The van der Waals surface area contributed by atoms with E-state index < -0.39 is 0 Å². The molecule has 0 atom stereocenters. The van der Waals surface area contributed by atoms with E-state index in [4.69, 9.17) is 1.41 Å². The minimum atomic E-state index is 0.931.